The second kappa shape index (κ2) is 7.63. The molecule has 0 aromatic heterocycles. The van der Waals surface area contributed by atoms with Crippen LogP contribution in [0.2, 0.25) is 5.02 Å². The molecule has 128 valence electrons. The SMILES string of the molecule is CS(=O)(=O)N(CCC(=O)Nc1ccccc1F)c1cccc(Cl)c1. The summed E-state index contributed by atoms with van der Waals surface area (Å²) in [6.45, 7) is -0.0839. The normalized spacial score (nSPS) is 11.1. The number of amides is 1. The van der Waals surface area contributed by atoms with Crippen molar-refractivity contribution in [3.63, 3.8) is 0 Å². The van der Waals surface area contributed by atoms with E-state index in [0.717, 1.165) is 10.6 Å². The van der Waals surface area contributed by atoms with Crippen LogP contribution in [0.15, 0.2) is 48.5 Å². The van der Waals surface area contributed by atoms with E-state index in [-0.39, 0.29) is 18.7 Å². The van der Waals surface area contributed by atoms with Crippen molar-refractivity contribution in [1.29, 1.82) is 0 Å². The van der Waals surface area contributed by atoms with E-state index in [1.54, 1.807) is 24.3 Å². The molecule has 0 aliphatic carbocycles. The van der Waals surface area contributed by atoms with Gasteiger partial charge in [0, 0.05) is 18.0 Å². The van der Waals surface area contributed by atoms with Crippen LogP contribution in [-0.4, -0.2) is 27.1 Å². The molecule has 1 N–H and O–H groups in total. The molecule has 1 amide bonds. The third kappa shape index (κ3) is 4.94. The van der Waals surface area contributed by atoms with Crippen LogP contribution < -0.4 is 9.62 Å². The Kier molecular flexibility index (Phi) is 5.80. The fourth-order valence-corrected chi connectivity index (χ4v) is 3.20. The van der Waals surface area contributed by atoms with E-state index in [4.69, 9.17) is 11.6 Å². The van der Waals surface area contributed by atoms with Crippen LogP contribution in [0.25, 0.3) is 0 Å². The fraction of sp³-hybridized carbons (Fsp3) is 0.188. The number of rotatable bonds is 6. The molecule has 0 unspecified atom stereocenters. The highest BCUT2D eigenvalue weighted by atomic mass is 35.5. The average Bonchev–Trinajstić information content (AvgIpc) is 2.48. The van der Waals surface area contributed by atoms with Crippen molar-refractivity contribution in [1.82, 2.24) is 0 Å². The van der Waals surface area contributed by atoms with E-state index in [1.165, 1.54) is 24.3 Å². The Labute approximate surface area is 145 Å². The molecule has 0 aliphatic heterocycles. The van der Waals surface area contributed by atoms with E-state index in [2.05, 4.69) is 5.32 Å². The van der Waals surface area contributed by atoms with Crippen molar-refractivity contribution in [2.75, 3.05) is 22.4 Å². The van der Waals surface area contributed by atoms with Crippen LogP contribution in [0, 0.1) is 5.82 Å². The highest BCUT2D eigenvalue weighted by Crippen LogP contribution is 2.22. The van der Waals surface area contributed by atoms with Crippen LogP contribution >= 0.6 is 11.6 Å². The number of hydrogen-bond donors (Lipinski definition) is 1. The van der Waals surface area contributed by atoms with Gasteiger partial charge in [0.15, 0.2) is 0 Å². The van der Waals surface area contributed by atoms with Gasteiger partial charge < -0.3 is 5.32 Å². The number of hydrogen-bond acceptors (Lipinski definition) is 3. The maximum atomic E-state index is 13.5. The molecule has 0 atom stereocenters. The number of carbonyl (C=O) groups is 1. The van der Waals surface area contributed by atoms with Crippen molar-refractivity contribution < 1.29 is 17.6 Å². The van der Waals surface area contributed by atoms with Gasteiger partial charge in [0.1, 0.15) is 5.82 Å². The summed E-state index contributed by atoms with van der Waals surface area (Å²) in [5.74, 6) is -1.04. The molecule has 0 aliphatic rings. The lowest BCUT2D eigenvalue weighted by atomic mass is 10.3. The van der Waals surface area contributed by atoms with Crippen molar-refractivity contribution >= 4 is 38.9 Å². The summed E-state index contributed by atoms with van der Waals surface area (Å²) in [6, 6.07) is 12.1. The molecule has 2 aromatic rings. The molecule has 0 fully saturated rings. The Balaban J connectivity index is 2.09. The predicted octanol–water partition coefficient (Wildman–Crippen LogP) is 3.27. The first-order valence-corrected chi connectivity index (χ1v) is 9.27. The van der Waals surface area contributed by atoms with Gasteiger partial charge in [-0.3, -0.25) is 9.10 Å². The van der Waals surface area contributed by atoms with E-state index in [1.807, 2.05) is 0 Å². The molecule has 24 heavy (non-hydrogen) atoms. The Hall–Kier alpha value is -2.12. The number of anilines is 2. The van der Waals surface area contributed by atoms with Crippen LogP contribution in [-0.2, 0) is 14.8 Å². The summed E-state index contributed by atoms with van der Waals surface area (Å²) in [4.78, 5) is 12.0. The van der Waals surface area contributed by atoms with Crippen molar-refractivity contribution in [3.05, 3.63) is 59.4 Å². The van der Waals surface area contributed by atoms with E-state index in [9.17, 15) is 17.6 Å². The molecule has 0 bridgehead atoms. The zero-order valence-electron chi connectivity index (χ0n) is 12.9. The first kappa shape index (κ1) is 18.2. The minimum absolute atomic E-state index is 0.0520. The molecule has 0 saturated carbocycles. The van der Waals surface area contributed by atoms with E-state index < -0.39 is 21.7 Å². The van der Waals surface area contributed by atoms with Gasteiger partial charge >= 0.3 is 0 Å². The van der Waals surface area contributed by atoms with Gasteiger partial charge in [0.05, 0.1) is 17.6 Å². The largest absolute Gasteiger partial charge is 0.324 e. The summed E-state index contributed by atoms with van der Waals surface area (Å²) >= 11 is 5.88. The molecule has 0 radical (unpaired) electrons. The molecule has 2 rings (SSSR count). The summed E-state index contributed by atoms with van der Waals surface area (Å²) in [5, 5.41) is 2.80. The average molecular weight is 371 g/mol. The van der Waals surface area contributed by atoms with Gasteiger partial charge in [-0.05, 0) is 30.3 Å². The summed E-state index contributed by atoms with van der Waals surface area (Å²) in [6.07, 6.45) is 0.913. The fourth-order valence-electron chi connectivity index (χ4n) is 2.10. The highest BCUT2D eigenvalue weighted by molar-refractivity contribution is 7.92. The van der Waals surface area contributed by atoms with Gasteiger partial charge in [-0.25, -0.2) is 12.8 Å². The molecule has 8 heteroatoms. The lowest BCUT2D eigenvalue weighted by molar-refractivity contribution is -0.116. The summed E-state index contributed by atoms with van der Waals surface area (Å²) in [7, 11) is -3.59. The Morgan fingerprint density at radius 3 is 2.54 bits per heavy atom. The Morgan fingerprint density at radius 1 is 1.21 bits per heavy atom. The molecule has 0 heterocycles. The van der Waals surface area contributed by atoms with Crippen LogP contribution in [0.1, 0.15) is 6.42 Å². The van der Waals surface area contributed by atoms with Gasteiger partial charge in [0.25, 0.3) is 0 Å². The zero-order valence-corrected chi connectivity index (χ0v) is 14.4. The third-order valence-electron chi connectivity index (χ3n) is 3.19. The molecular weight excluding hydrogens is 355 g/mol. The van der Waals surface area contributed by atoms with Crippen LogP contribution in [0.3, 0.4) is 0 Å². The van der Waals surface area contributed by atoms with Crippen LogP contribution in [0.4, 0.5) is 15.8 Å². The number of nitrogens with zero attached hydrogens (tertiary/aromatic N) is 1. The number of sulfonamides is 1. The lowest BCUT2D eigenvalue weighted by Gasteiger charge is -2.22. The molecule has 2 aromatic carbocycles. The second-order valence-electron chi connectivity index (χ2n) is 5.09. The predicted molar refractivity (Wildman–Crippen MR) is 93.3 cm³/mol. The van der Waals surface area contributed by atoms with Crippen LogP contribution in [0.5, 0.6) is 0 Å². The third-order valence-corrected chi connectivity index (χ3v) is 4.62. The van der Waals surface area contributed by atoms with Crippen molar-refractivity contribution in [2.24, 2.45) is 0 Å². The monoisotopic (exact) mass is 370 g/mol. The highest BCUT2D eigenvalue weighted by Gasteiger charge is 2.19. The first-order chi connectivity index (χ1) is 11.3. The van der Waals surface area contributed by atoms with E-state index in [0.29, 0.717) is 10.7 Å². The maximum absolute atomic E-state index is 13.5. The first-order valence-electron chi connectivity index (χ1n) is 7.05. The van der Waals surface area contributed by atoms with Gasteiger partial charge in [-0.1, -0.05) is 29.8 Å². The minimum atomic E-state index is -3.59. The second-order valence-corrected chi connectivity index (χ2v) is 7.44. The lowest BCUT2D eigenvalue weighted by Crippen LogP contribution is -2.33. The quantitative estimate of drug-likeness (QED) is 0.848. The summed E-state index contributed by atoms with van der Waals surface area (Å²) in [5.41, 5.74) is 0.417. The topological polar surface area (TPSA) is 66.5 Å². The molecule has 0 spiro atoms. The molecular formula is C16H16ClFN2O3S. The van der Waals surface area contributed by atoms with Gasteiger partial charge in [-0.2, -0.15) is 0 Å². The minimum Gasteiger partial charge on any atom is -0.324 e. The molecule has 0 saturated heterocycles. The van der Waals surface area contributed by atoms with Crippen molar-refractivity contribution in [2.45, 2.75) is 6.42 Å². The van der Waals surface area contributed by atoms with Gasteiger partial charge in [0.2, 0.25) is 15.9 Å². The zero-order chi connectivity index (χ0) is 17.7. The Bertz CT molecular complexity index is 843. The number of carbonyl (C=O) groups excluding carboxylic acids is 1. The number of para-hydroxylation sites is 1. The standard InChI is InChI=1S/C16H16ClFN2O3S/c1-24(22,23)20(13-6-4-5-12(17)11-13)10-9-16(21)19-15-8-3-2-7-14(15)18/h2-8,11H,9-10H2,1H3,(H,19,21). The van der Waals surface area contributed by atoms with Gasteiger partial charge in [-0.15, -0.1) is 0 Å². The van der Waals surface area contributed by atoms with E-state index >= 15 is 0 Å². The number of benzene rings is 2. The maximum Gasteiger partial charge on any atom is 0.232 e. The number of nitrogens with one attached hydrogen (secondary N) is 1. The smallest absolute Gasteiger partial charge is 0.232 e. The Morgan fingerprint density at radius 2 is 1.92 bits per heavy atom. The molecule has 5 nitrogen and oxygen atoms in total. The summed E-state index contributed by atoms with van der Waals surface area (Å²) < 4.78 is 38.5. The van der Waals surface area contributed by atoms with Crippen molar-refractivity contribution in [3.8, 4) is 0 Å². The number of halogens is 2.